The average molecular weight is 533 g/mol. The molecule has 204 valence electrons. The number of alkyl halides is 3. The van der Waals surface area contributed by atoms with Gasteiger partial charge in [-0.25, -0.2) is 9.78 Å². The number of likely N-dealkylation sites (tertiary alicyclic amines) is 1. The molecule has 0 aliphatic carbocycles. The van der Waals surface area contributed by atoms with Crippen LogP contribution < -0.4 is 0 Å². The van der Waals surface area contributed by atoms with E-state index >= 15 is 0 Å². The van der Waals surface area contributed by atoms with Gasteiger partial charge in [-0.05, 0) is 24.9 Å². The number of piperidine rings is 1. The zero-order valence-corrected chi connectivity index (χ0v) is 21.4. The second-order valence-electron chi connectivity index (χ2n) is 9.48. The molecule has 38 heavy (non-hydrogen) atoms. The summed E-state index contributed by atoms with van der Waals surface area (Å²) in [4.78, 5) is 31.3. The molecule has 1 saturated heterocycles. The highest BCUT2D eigenvalue weighted by molar-refractivity contribution is 5.79. The standard InChI is InChI=1S/C24H30N6O.C2HF3O2/c1-3-29-13-14-30-21(20-16-26-27(2)18-20)17-25-23(30)24(29)9-11-28(12-10-24)22(31)15-19-7-5-4-6-8-19;3-2(4,5)1(6)7/h4-8,16-18H,3,9-15H2,1-2H3;(H,6,7). The van der Waals surface area contributed by atoms with Crippen LogP contribution in [0.4, 0.5) is 13.2 Å². The summed E-state index contributed by atoms with van der Waals surface area (Å²) in [5.41, 5.74) is 3.23. The number of carboxylic acid groups (broad SMARTS) is 1. The third-order valence-electron chi connectivity index (χ3n) is 7.24. The lowest BCUT2D eigenvalue weighted by Crippen LogP contribution is -2.58. The lowest BCUT2D eigenvalue weighted by atomic mass is 9.83. The Morgan fingerprint density at radius 1 is 1.05 bits per heavy atom. The number of benzene rings is 1. The van der Waals surface area contributed by atoms with E-state index in [-0.39, 0.29) is 11.4 Å². The molecule has 0 saturated carbocycles. The van der Waals surface area contributed by atoms with Gasteiger partial charge in [0.2, 0.25) is 5.91 Å². The van der Waals surface area contributed by atoms with Gasteiger partial charge >= 0.3 is 12.1 Å². The molecule has 2 aliphatic rings. The number of fused-ring (bicyclic) bond motifs is 2. The van der Waals surface area contributed by atoms with Crippen LogP contribution in [0.1, 0.15) is 31.2 Å². The van der Waals surface area contributed by atoms with Gasteiger partial charge in [0.1, 0.15) is 5.82 Å². The normalized spacial score (nSPS) is 17.0. The summed E-state index contributed by atoms with van der Waals surface area (Å²) in [5.74, 6) is -1.39. The Morgan fingerprint density at radius 2 is 1.71 bits per heavy atom. The number of amides is 1. The monoisotopic (exact) mass is 532 g/mol. The quantitative estimate of drug-likeness (QED) is 0.554. The first-order chi connectivity index (χ1) is 18.0. The third-order valence-corrected chi connectivity index (χ3v) is 7.24. The van der Waals surface area contributed by atoms with E-state index in [0.717, 1.165) is 68.2 Å². The molecule has 1 aromatic carbocycles. The van der Waals surface area contributed by atoms with Crippen LogP contribution in [-0.2, 0) is 35.1 Å². The maximum absolute atomic E-state index is 12.9. The Morgan fingerprint density at radius 3 is 2.26 bits per heavy atom. The Hall–Kier alpha value is -3.67. The van der Waals surface area contributed by atoms with Gasteiger partial charge in [0, 0.05) is 45.0 Å². The Balaban J connectivity index is 0.000000426. The summed E-state index contributed by atoms with van der Waals surface area (Å²) < 4.78 is 36.0. The SMILES string of the molecule is CCN1CCn2c(-c3cnn(C)c3)cnc2C12CCN(C(=O)Cc1ccccc1)CC2.O=C(O)C(F)(F)F. The molecule has 2 aliphatic heterocycles. The molecular formula is C26H31F3N6O3. The average Bonchev–Trinajstić information content (AvgIpc) is 3.52. The van der Waals surface area contributed by atoms with Crippen molar-refractivity contribution in [2.45, 2.75) is 44.4 Å². The number of rotatable bonds is 4. The Kier molecular flexibility index (Phi) is 7.91. The van der Waals surface area contributed by atoms with Crippen molar-refractivity contribution in [3.63, 3.8) is 0 Å². The summed E-state index contributed by atoms with van der Waals surface area (Å²) in [6.45, 7) is 6.72. The molecule has 2 aromatic heterocycles. The summed E-state index contributed by atoms with van der Waals surface area (Å²) >= 11 is 0. The number of aliphatic carboxylic acids is 1. The van der Waals surface area contributed by atoms with Gasteiger partial charge in [-0.2, -0.15) is 18.3 Å². The molecule has 4 heterocycles. The van der Waals surface area contributed by atoms with Crippen molar-refractivity contribution in [3.05, 3.63) is 60.3 Å². The number of halogens is 3. The van der Waals surface area contributed by atoms with E-state index in [1.54, 1.807) is 0 Å². The maximum atomic E-state index is 12.9. The van der Waals surface area contributed by atoms with Crippen LogP contribution in [0.5, 0.6) is 0 Å². The van der Waals surface area contributed by atoms with Crippen LogP contribution in [-0.4, -0.2) is 78.5 Å². The van der Waals surface area contributed by atoms with Crippen LogP contribution in [0.15, 0.2) is 48.9 Å². The fraction of sp³-hybridized carbons (Fsp3) is 0.462. The lowest BCUT2D eigenvalue weighted by molar-refractivity contribution is -0.192. The molecule has 1 N–H and O–H groups in total. The molecule has 0 unspecified atom stereocenters. The highest BCUT2D eigenvalue weighted by Gasteiger charge is 2.47. The molecule has 5 rings (SSSR count). The summed E-state index contributed by atoms with van der Waals surface area (Å²) in [5, 5.41) is 11.5. The fourth-order valence-electron chi connectivity index (χ4n) is 5.34. The van der Waals surface area contributed by atoms with E-state index in [2.05, 4.69) is 21.5 Å². The fourth-order valence-corrected chi connectivity index (χ4v) is 5.34. The zero-order chi connectivity index (χ0) is 27.5. The van der Waals surface area contributed by atoms with E-state index in [1.807, 2.05) is 65.6 Å². The van der Waals surface area contributed by atoms with Crippen molar-refractivity contribution in [1.29, 1.82) is 0 Å². The number of carbonyl (C=O) groups excluding carboxylic acids is 1. The van der Waals surface area contributed by atoms with Crippen LogP contribution >= 0.6 is 0 Å². The van der Waals surface area contributed by atoms with Crippen molar-refractivity contribution in [3.8, 4) is 11.3 Å². The summed E-state index contributed by atoms with van der Waals surface area (Å²) in [7, 11) is 1.94. The van der Waals surface area contributed by atoms with Gasteiger partial charge in [-0.1, -0.05) is 37.3 Å². The minimum absolute atomic E-state index is 0.100. The molecule has 9 nitrogen and oxygen atoms in total. The largest absolute Gasteiger partial charge is 0.490 e. The minimum Gasteiger partial charge on any atom is -0.475 e. The molecule has 1 spiro atoms. The number of carboxylic acids is 1. The van der Waals surface area contributed by atoms with E-state index in [1.165, 1.54) is 0 Å². The number of hydrogen-bond donors (Lipinski definition) is 1. The molecule has 0 bridgehead atoms. The Bertz CT molecular complexity index is 1260. The van der Waals surface area contributed by atoms with Gasteiger partial charge in [0.05, 0.1) is 30.0 Å². The second kappa shape index (κ2) is 11.0. The van der Waals surface area contributed by atoms with E-state index < -0.39 is 12.1 Å². The number of hydrogen-bond acceptors (Lipinski definition) is 5. The summed E-state index contributed by atoms with van der Waals surface area (Å²) in [6, 6.07) is 10.0. The third kappa shape index (κ3) is 5.59. The molecular weight excluding hydrogens is 501 g/mol. The smallest absolute Gasteiger partial charge is 0.475 e. The van der Waals surface area contributed by atoms with Gasteiger partial charge < -0.3 is 14.6 Å². The number of likely N-dealkylation sites (N-methyl/N-ethyl adjacent to an activating group) is 1. The number of imidazole rings is 1. The molecule has 3 aromatic rings. The highest BCUT2D eigenvalue weighted by atomic mass is 19.4. The van der Waals surface area contributed by atoms with Gasteiger partial charge in [-0.3, -0.25) is 14.4 Å². The Labute approximate surface area is 218 Å². The first-order valence-corrected chi connectivity index (χ1v) is 12.5. The first-order valence-electron chi connectivity index (χ1n) is 12.5. The van der Waals surface area contributed by atoms with Crippen molar-refractivity contribution in [2.24, 2.45) is 7.05 Å². The van der Waals surface area contributed by atoms with Gasteiger partial charge in [0.15, 0.2) is 0 Å². The second-order valence-corrected chi connectivity index (χ2v) is 9.48. The van der Waals surface area contributed by atoms with Crippen LogP contribution in [0, 0.1) is 0 Å². The zero-order valence-electron chi connectivity index (χ0n) is 21.4. The number of aromatic nitrogens is 4. The van der Waals surface area contributed by atoms with Gasteiger partial charge in [-0.15, -0.1) is 0 Å². The lowest BCUT2D eigenvalue weighted by Gasteiger charge is -2.50. The highest BCUT2D eigenvalue weighted by Crippen LogP contribution is 2.42. The topological polar surface area (TPSA) is 96.5 Å². The molecule has 0 atom stereocenters. The number of aryl methyl sites for hydroxylation is 1. The van der Waals surface area contributed by atoms with Gasteiger partial charge in [0.25, 0.3) is 0 Å². The summed E-state index contributed by atoms with van der Waals surface area (Å²) in [6.07, 6.45) is 3.20. The van der Waals surface area contributed by atoms with Crippen molar-refractivity contribution in [1.82, 2.24) is 29.1 Å². The van der Waals surface area contributed by atoms with E-state index in [4.69, 9.17) is 14.9 Å². The number of nitrogens with zero attached hydrogens (tertiary/aromatic N) is 6. The van der Waals surface area contributed by atoms with Crippen LogP contribution in [0.25, 0.3) is 11.3 Å². The van der Waals surface area contributed by atoms with E-state index in [0.29, 0.717) is 6.42 Å². The predicted octanol–water partition coefficient (Wildman–Crippen LogP) is 3.31. The molecule has 0 radical (unpaired) electrons. The molecule has 12 heteroatoms. The molecule has 1 amide bonds. The van der Waals surface area contributed by atoms with Crippen LogP contribution in [0.3, 0.4) is 0 Å². The number of carbonyl (C=O) groups is 2. The van der Waals surface area contributed by atoms with Crippen molar-refractivity contribution >= 4 is 11.9 Å². The maximum Gasteiger partial charge on any atom is 0.490 e. The molecule has 1 fully saturated rings. The van der Waals surface area contributed by atoms with Crippen molar-refractivity contribution in [2.75, 3.05) is 26.2 Å². The van der Waals surface area contributed by atoms with Crippen LogP contribution in [0.2, 0.25) is 0 Å². The first kappa shape index (κ1) is 27.4. The van der Waals surface area contributed by atoms with E-state index in [9.17, 15) is 18.0 Å². The van der Waals surface area contributed by atoms with Crippen molar-refractivity contribution < 1.29 is 27.9 Å². The predicted molar refractivity (Wildman–Crippen MR) is 133 cm³/mol. The minimum atomic E-state index is -5.08.